The fourth-order valence-corrected chi connectivity index (χ4v) is 4.87. The highest BCUT2D eigenvalue weighted by Crippen LogP contribution is 2.28. The minimum Gasteiger partial charge on any atom is -0.490 e. The van der Waals surface area contributed by atoms with Crippen LogP contribution < -0.4 is 10.2 Å². The lowest BCUT2D eigenvalue weighted by atomic mass is 9.88. The molecule has 1 saturated heterocycles. The maximum Gasteiger partial charge on any atom is 0.410 e. The number of benzene rings is 1. The number of pyridine rings is 1. The predicted molar refractivity (Wildman–Crippen MR) is 136 cm³/mol. The lowest BCUT2D eigenvalue weighted by Gasteiger charge is -2.33. The first-order chi connectivity index (χ1) is 17.6. The number of hydroxylamine groups is 1. The third kappa shape index (κ3) is 7.07. The van der Waals surface area contributed by atoms with Crippen molar-refractivity contribution in [3.63, 3.8) is 0 Å². The molecule has 2 heterocycles. The summed E-state index contributed by atoms with van der Waals surface area (Å²) in [6, 6.07) is 8.86. The van der Waals surface area contributed by atoms with Crippen LogP contribution in [0.4, 0.5) is 4.79 Å². The van der Waals surface area contributed by atoms with E-state index < -0.39 is 11.5 Å². The summed E-state index contributed by atoms with van der Waals surface area (Å²) >= 11 is 0. The molecular weight excluding hydrogens is 474 g/mol. The van der Waals surface area contributed by atoms with Gasteiger partial charge in [0.05, 0.1) is 0 Å². The van der Waals surface area contributed by atoms with Gasteiger partial charge in [0.2, 0.25) is 0 Å². The van der Waals surface area contributed by atoms with Crippen LogP contribution in [0.2, 0.25) is 0 Å². The molecule has 1 aliphatic heterocycles. The molecule has 0 radical (unpaired) electrons. The zero-order valence-electron chi connectivity index (χ0n) is 21.7. The number of rotatable bonds is 6. The number of likely N-dealkylation sites (tertiary alicyclic amines) is 1. The summed E-state index contributed by atoms with van der Waals surface area (Å²) in [6.07, 6.45) is 5.37. The fraction of sp³-hybridized carbons (Fsp3) is 0.500. The van der Waals surface area contributed by atoms with Gasteiger partial charge in [-0.15, -0.1) is 0 Å². The third-order valence-corrected chi connectivity index (χ3v) is 6.81. The van der Waals surface area contributed by atoms with Crippen molar-refractivity contribution in [2.24, 2.45) is 5.92 Å². The molecule has 37 heavy (non-hydrogen) atoms. The molecule has 198 valence electrons. The third-order valence-electron chi connectivity index (χ3n) is 6.81. The summed E-state index contributed by atoms with van der Waals surface area (Å²) in [7, 11) is 0. The first-order valence-electron chi connectivity index (χ1n) is 12.8. The molecule has 2 aromatic rings. The highest BCUT2D eigenvalue weighted by Gasteiger charge is 2.28. The van der Waals surface area contributed by atoms with Crippen molar-refractivity contribution >= 4 is 17.8 Å². The smallest absolute Gasteiger partial charge is 0.410 e. The van der Waals surface area contributed by atoms with E-state index in [0.29, 0.717) is 42.9 Å². The van der Waals surface area contributed by atoms with Crippen LogP contribution >= 0.6 is 0 Å². The zero-order valence-corrected chi connectivity index (χ0v) is 21.7. The molecule has 1 unspecified atom stereocenters. The van der Waals surface area contributed by atoms with Gasteiger partial charge >= 0.3 is 6.09 Å². The van der Waals surface area contributed by atoms with E-state index in [0.717, 1.165) is 36.8 Å². The summed E-state index contributed by atoms with van der Waals surface area (Å²) in [4.78, 5) is 42.9. The highest BCUT2D eigenvalue weighted by atomic mass is 16.6. The lowest BCUT2D eigenvalue weighted by molar-refractivity contribution is 0.0183. The highest BCUT2D eigenvalue weighted by molar-refractivity contribution is 5.94. The van der Waals surface area contributed by atoms with Crippen molar-refractivity contribution < 1.29 is 29.1 Å². The van der Waals surface area contributed by atoms with E-state index in [2.05, 4.69) is 4.98 Å². The van der Waals surface area contributed by atoms with Crippen LogP contribution in [0.25, 0.3) is 0 Å². The lowest BCUT2D eigenvalue weighted by Crippen LogP contribution is -2.42. The van der Waals surface area contributed by atoms with E-state index in [1.807, 2.05) is 26.8 Å². The Balaban J connectivity index is 1.29. The first-order valence-corrected chi connectivity index (χ1v) is 12.8. The van der Waals surface area contributed by atoms with Crippen LogP contribution in [-0.2, 0) is 17.6 Å². The first kappa shape index (κ1) is 26.6. The SMILES string of the molecule is CC(C)(C)OC(=O)N1CCC(CC(=O)c2cc(OC3CCc4cc(C(=O)NO)ccc4C3)ccn2)CC1. The van der Waals surface area contributed by atoms with Crippen molar-refractivity contribution in [1.29, 1.82) is 0 Å². The van der Waals surface area contributed by atoms with Crippen LogP contribution in [0.15, 0.2) is 36.5 Å². The topological polar surface area (TPSA) is 118 Å². The van der Waals surface area contributed by atoms with Crippen molar-refractivity contribution in [3.8, 4) is 5.75 Å². The second-order valence-corrected chi connectivity index (χ2v) is 10.8. The number of piperidine rings is 1. The molecule has 0 bridgehead atoms. The number of carbonyl (C=O) groups is 3. The summed E-state index contributed by atoms with van der Waals surface area (Å²) in [6.45, 7) is 6.72. The molecule has 4 rings (SSSR count). The maximum atomic E-state index is 13.0. The Morgan fingerprint density at radius 1 is 1.08 bits per heavy atom. The zero-order chi connectivity index (χ0) is 26.6. The van der Waals surface area contributed by atoms with Crippen LogP contribution in [0.1, 0.15) is 78.4 Å². The summed E-state index contributed by atoms with van der Waals surface area (Å²) in [5.41, 5.74) is 4.14. The van der Waals surface area contributed by atoms with Gasteiger partial charge in [-0.1, -0.05) is 6.07 Å². The number of fused-ring (bicyclic) bond motifs is 1. The molecule has 1 aromatic heterocycles. The van der Waals surface area contributed by atoms with E-state index in [-0.39, 0.29) is 23.9 Å². The van der Waals surface area contributed by atoms with Gasteiger partial charge in [-0.3, -0.25) is 19.8 Å². The molecule has 1 fully saturated rings. The number of nitrogens with zero attached hydrogens (tertiary/aromatic N) is 2. The minimum atomic E-state index is -0.524. The largest absolute Gasteiger partial charge is 0.490 e. The Bertz CT molecular complexity index is 1150. The van der Waals surface area contributed by atoms with Gasteiger partial charge in [0, 0.05) is 43.8 Å². The Morgan fingerprint density at radius 2 is 1.84 bits per heavy atom. The molecule has 9 heteroatoms. The fourth-order valence-electron chi connectivity index (χ4n) is 4.87. The van der Waals surface area contributed by atoms with E-state index in [1.54, 1.807) is 40.8 Å². The standard InChI is InChI=1S/C28H35N3O6/c1-28(2,3)37-27(34)31-12-9-18(10-13-31)14-25(32)24-17-23(8-11-29-24)36-22-7-6-19-15-21(26(33)30-35)5-4-20(19)16-22/h4-5,8,11,15,17-18,22,35H,6-7,9-10,12-14,16H2,1-3H3,(H,30,33). The van der Waals surface area contributed by atoms with Crippen LogP contribution in [0.3, 0.4) is 0 Å². The number of aryl methyl sites for hydroxylation is 1. The number of amides is 2. The van der Waals surface area contributed by atoms with Gasteiger partial charge in [-0.2, -0.15) is 0 Å². The van der Waals surface area contributed by atoms with Gasteiger partial charge in [0.25, 0.3) is 5.91 Å². The second kappa shape index (κ2) is 11.3. The number of hydrogen-bond donors (Lipinski definition) is 2. The van der Waals surface area contributed by atoms with E-state index in [1.165, 1.54) is 0 Å². The Labute approximate surface area is 217 Å². The Hall–Kier alpha value is -3.46. The molecule has 1 aliphatic carbocycles. The number of Topliss-reactive ketones (excluding diaryl/α,β-unsaturated/α-hetero) is 1. The second-order valence-electron chi connectivity index (χ2n) is 10.8. The monoisotopic (exact) mass is 509 g/mol. The Morgan fingerprint density at radius 3 is 2.54 bits per heavy atom. The van der Waals surface area contributed by atoms with Crippen LogP contribution in [0, 0.1) is 5.92 Å². The number of ketones is 1. The van der Waals surface area contributed by atoms with E-state index in [9.17, 15) is 14.4 Å². The molecule has 0 spiro atoms. The van der Waals surface area contributed by atoms with Crippen molar-refractivity contribution in [2.45, 2.75) is 71.0 Å². The van der Waals surface area contributed by atoms with Crippen molar-refractivity contribution in [2.75, 3.05) is 13.1 Å². The van der Waals surface area contributed by atoms with Crippen molar-refractivity contribution in [3.05, 3.63) is 58.9 Å². The number of aromatic nitrogens is 1. The van der Waals surface area contributed by atoms with Gasteiger partial charge in [0.15, 0.2) is 5.78 Å². The number of carbonyl (C=O) groups excluding carboxylic acids is 3. The predicted octanol–water partition coefficient (Wildman–Crippen LogP) is 4.36. The molecule has 1 aromatic carbocycles. The van der Waals surface area contributed by atoms with Crippen LogP contribution in [-0.4, -0.2) is 57.7 Å². The maximum absolute atomic E-state index is 13.0. The summed E-state index contributed by atoms with van der Waals surface area (Å²) in [5, 5.41) is 8.85. The summed E-state index contributed by atoms with van der Waals surface area (Å²) in [5.74, 6) is 0.265. The molecule has 2 aliphatic rings. The number of hydrogen-bond acceptors (Lipinski definition) is 7. The molecule has 2 amide bonds. The van der Waals surface area contributed by atoms with Gasteiger partial charge < -0.3 is 14.4 Å². The van der Waals surface area contributed by atoms with E-state index in [4.69, 9.17) is 14.7 Å². The average molecular weight is 510 g/mol. The molecule has 0 saturated carbocycles. The van der Waals surface area contributed by atoms with E-state index >= 15 is 0 Å². The quantitative estimate of drug-likeness (QED) is 0.337. The number of nitrogens with one attached hydrogen (secondary N) is 1. The minimum absolute atomic E-state index is 0.0233. The molecule has 1 atom stereocenters. The normalized spacial score (nSPS) is 18.1. The number of ether oxygens (including phenoxy) is 2. The van der Waals surface area contributed by atoms with Crippen LogP contribution in [0.5, 0.6) is 5.75 Å². The van der Waals surface area contributed by atoms with Gasteiger partial charge in [0.1, 0.15) is 23.1 Å². The molecule has 2 N–H and O–H groups in total. The van der Waals surface area contributed by atoms with Gasteiger partial charge in [-0.05, 0) is 81.7 Å². The molecular formula is C28H35N3O6. The average Bonchev–Trinajstić information content (AvgIpc) is 2.87. The van der Waals surface area contributed by atoms with Gasteiger partial charge in [-0.25, -0.2) is 10.3 Å². The molecule has 9 nitrogen and oxygen atoms in total. The Kier molecular flexibility index (Phi) is 8.12. The summed E-state index contributed by atoms with van der Waals surface area (Å²) < 4.78 is 11.7. The van der Waals surface area contributed by atoms with Crippen molar-refractivity contribution in [1.82, 2.24) is 15.4 Å².